The molecule has 0 atom stereocenters. The van der Waals surface area contributed by atoms with Crippen LogP contribution >= 0.6 is 0 Å². The van der Waals surface area contributed by atoms with Crippen molar-refractivity contribution in [2.75, 3.05) is 5.73 Å². The normalized spacial score (nSPS) is 9.80. The molecule has 0 aliphatic rings. The number of nitrogen functional groups attached to an aromatic ring is 1. The van der Waals surface area contributed by atoms with Crippen molar-refractivity contribution in [2.45, 2.75) is 13.5 Å². The van der Waals surface area contributed by atoms with Gasteiger partial charge in [-0.05, 0) is 18.6 Å². The highest BCUT2D eigenvalue weighted by molar-refractivity contribution is 5.45. The van der Waals surface area contributed by atoms with Crippen molar-refractivity contribution in [2.24, 2.45) is 5.73 Å². The standard InChI is InChI=1S/C7H11N3/c1-5-4-10-6(3-8)2-7(5)9/h2,4H,3,8H2,1H3,(H2,9,10). The summed E-state index contributed by atoms with van der Waals surface area (Å²) in [5.41, 5.74) is 13.5. The van der Waals surface area contributed by atoms with E-state index in [9.17, 15) is 0 Å². The molecule has 0 amide bonds. The Hall–Kier alpha value is -1.09. The average molecular weight is 137 g/mol. The SMILES string of the molecule is Cc1cnc(CN)cc1N. The Balaban J connectivity index is 3.04. The van der Waals surface area contributed by atoms with E-state index in [1.807, 2.05) is 6.92 Å². The second-order valence-corrected chi connectivity index (χ2v) is 2.24. The van der Waals surface area contributed by atoms with E-state index < -0.39 is 0 Å². The molecule has 0 unspecified atom stereocenters. The van der Waals surface area contributed by atoms with Crippen LogP contribution in [0.5, 0.6) is 0 Å². The molecule has 0 saturated heterocycles. The molecule has 0 spiro atoms. The Kier molecular flexibility index (Phi) is 1.87. The Morgan fingerprint density at radius 3 is 2.80 bits per heavy atom. The van der Waals surface area contributed by atoms with Gasteiger partial charge in [-0.3, -0.25) is 4.98 Å². The van der Waals surface area contributed by atoms with E-state index in [1.54, 1.807) is 12.3 Å². The fourth-order valence-corrected chi connectivity index (χ4v) is 0.697. The largest absolute Gasteiger partial charge is 0.398 e. The summed E-state index contributed by atoms with van der Waals surface area (Å²) in [5.74, 6) is 0. The molecule has 3 nitrogen and oxygen atoms in total. The lowest BCUT2D eigenvalue weighted by Gasteiger charge is -2.00. The highest BCUT2D eigenvalue weighted by Crippen LogP contribution is 2.08. The minimum absolute atomic E-state index is 0.449. The van der Waals surface area contributed by atoms with Crippen LogP contribution in [0.4, 0.5) is 5.69 Å². The van der Waals surface area contributed by atoms with E-state index in [4.69, 9.17) is 11.5 Å². The first-order valence-corrected chi connectivity index (χ1v) is 3.15. The molecule has 1 rings (SSSR count). The highest BCUT2D eigenvalue weighted by Gasteiger charge is 1.94. The van der Waals surface area contributed by atoms with Gasteiger partial charge in [-0.15, -0.1) is 0 Å². The maximum atomic E-state index is 5.60. The van der Waals surface area contributed by atoms with Crippen molar-refractivity contribution in [1.29, 1.82) is 0 Å². The lowest BCUT2D eigenvalue weighted by atomic mass is 10.2. The van der Waals surface area contributed by atoms with Gasteiger partial charge in [0.2, 0.25) is 0 Å². The smallest absolute Gasteiger partial charge is 0.0560 e. The number of hydrogen-bond donors (Lipinski definition) is 2. The molecule has 0 aliphatic carbocycles. The van der Waals surface area contributed by atoms with E-state index in [1.165, 1.54) is 0 Å². The van der Waals surface area contributed by atoms with Crippen LogP contribution in [-0.4, -0.2) is 4.98 Å². The number of pyridine rings is 1. The summed E-state index contributed by atoms with van der Waals surface area (Å²) in [7, 11) is 0. The molecule has 0 fully saturated rings. The van der Waals surface area contributed by atoms with Crippen molar-refractivity contribution in [3.63, 3.8) is 0 Å². The topological polar surface area (TPSA) is 64.9 Å². The third-order valence-corrected chi connectivity index (χ3v) is 1.41. The molecular weight excluding hydrogens is 126 g/mol. The van der Waals surface area contributed by atoms with Crippen LogP contribution < -0.4 is 11.5 Å². The minimum Gasteiger partial charge on any atom is -0.398 e. The zero-order valence-corrected chi connectivity index (χ0v) is 5.96. The highest BCUT2D eigenvalue weighted by atomic mass is 14.7. The molecule has 3 heteroatoms. The van der Waals surface area contributed by atoms with Gasteiger partial charge in [0.25, 0.3) is 0 Å². The van der Waals surface area contributed by atoms with Gasteiger partial charge in [0.15, 0.2) is 0 Å². The molecule has 1 heterocycles. The van der Waals surface area contributed by atoms with E-state index in [2.05, 4.69) is 4.98 Å². The van der Waals surface area contributed by atoms with Crippen LogP contribution in [0.1, 0.15) is 11.3 Å². The van der Waals surface area contributed by atoms with Crippen LogP contribution in [0.25, 0.3) is 0 Å². The van der Waals surface area contributed by atoms with Crippen LogP contribution in [0.3, 0.4) is 0 Å². The van der Waals surface area contributed by atoms with E-state index >= 15 is 0 Å². The summed E-state index contributed by atoms with van der Waals surface area (Å²) >= 11 is 0. The molecule has 0 bridgehead atoms. The van der Waals surface area contributed by atoms with Crippen LogP contribution in [0.15, 0.2) is 12.3 Å². The zero-order chi connectivity index (χ0) is 7.56. The Morgan fingerprint density at radius 1 is 1.60 bits per heavy atom. The third-order valence-electron chi connectivity index (χ3n) is 1.41. The molecular formula is C7H11N3. The van der Waals surface area contributed by atoms with Gasteiger partial charge in [0, 0.05) is 18.4 Å². The van der Waals surface area contributed by atoms with Gasteiger partial charge in [0.1, 0.15) is 0 Å². The minimum atomic E-state index is 0.449. The van der Waals surface area contributed by atoms with Crippen molar-refractivity contribution in [3.05, 3.63) is 23.5 Å². The van der Waals surface area contributed by atoms with Gasteiger partial charge < -0.3 is 11.5 Å². The second-order valence-electron chi connectivity index (χ2n) is 2.24. The maximum Gasteiger partial charge on any atom is 0.0560 e. The summed E-state index contributed by atoms with van der Waals surface area (Å²) in [6.45, 7) is 2.37. The first-order chi connectivity index (χ1) is 4.74. The summed E-state index contributed by atoms with van der Waals surface area (Å²) in [6, 6.07) is 1.80. The van der Waals surface area contributed by atoms with Crippen molar-refractivity contribution >= 4 is 5.69 Å². The summed E-state index contributed by atoms with van der Waals surface area (Å²) < 4.78 is 0. The van der Waals surface area contributed by atoms with Crippen molar-refractivity contribution in [3.8, 4) is 0 Å². The monoisotopic (exact) mass is 137 g/mol. The number of rotatable bonds is 1. The fraction of sp³-hybridized carbons (Fsp3) is 0.286. The van der Waals surface area contributed by atoms with Crippen molar-refractivity contribution < 1.29 is 0 Å². The Bertz CT molecular complexity index is 232. The number of hydrogen-bond acceptors (Lipinski definition) is 3. The first-order valence-electron chi connectivity index (χ1n) is 3.15. The lowest BCUT2D eigenvalue weighted by molar-refractivity contribution is 0.986. The molecule has 10 heavy (non-hydrogen) atoms. The molecule has 0 saturated carbocycles. The molecule has 0 radical (unpaired) electrons. The van der Waals surface area contributed by atoms with Crippen LogP contribution in [-0.2, 0) is 6.54 Å². The number of nitrogens with zero attached hydrogens (tertiary/aromatic N) is 1. The number of aromatic nitrogens is 1. The maximum absolute atomic E-state index is 5.60. The predicted octanol–water partition coefficient (Wildman–Crippen LogP) is 0.431. The summed E-state index contributed by atoms with van der Waals surface area (Å²) in [4.78, 5) is 4.05. The third kappa shape index (κ3) is 1.25. The molecule has 4 N–H and O–H groups in total. The van der Waals surface area contributed by atoms with Gasteiger partial charge in [-0.25, -0.2) is 0 Å². The molecule has 1 aromatic heterocycles. The number of aryl methyl sites for hydroxylation is 1. The van der Waals surface area contributed by atoms with Gasteiger partial charge >= 0.3 is 0 Å². The number of nitrogens with two attached hydrogens (primary N) is 2. The Morgan fingerprint density at radius 2 is 2.30 bits per heavy atom. The first kappa shape index (κ1) is 7.02. The number of anilines is 1. The van der Waals surface area contributed by atoms with E-state index in [0.29, 0.717) is 6.54 Å². The summed E-state index contributed by atoms with van der Waals surface area (Å²) in [6.07, 6.45) is 1.73. The quantitative estimate of drug-likeness (QED) is 0.590. The average Bonchev–Trinajstić information content (AvgIpc) is 1.95. The van der Waals surface area contributed by atoms with Gasteiger partial charge in [-0.1, -0.05) is 0 Å². The molecule has 0 aromatic carbocycles. The van der Waals surface area contributed by atoms with Crippen LogP contribution in [0.2, 0.25) is 0 Å². The predicted molar refractivity (Wildman–Crippen MR) is 41.3 cm³/mol. The van der Waals surface area contributed by atoms with E-state index in [0.717, 1.165) is 16.9 Å². The fourth-order valence-electron chi connectivity index (χ4n) is 0.697. The Labute approximate surface area is 60.1 Å². The van der Waals surface area contributed by atoms with Crippen LogP contribution in [0, 0.1) is 6.92 Å². The van der Waals surface area contributed by atoms with E-state index in [-0.39, 0.29) is 0 Å². The second kappa shape index (κ2) is 2.66. The van der Waals surface area contributed by atoms with Crippen molar-refractivity contribution in [1.82, 2.24) is 4.98 Å². The van der Waals surface area contributed by atoms with Gasteiger partial charge in [-0.2, -0.15) is 0 Å². The molecule has 1 aromatic rings. The summed E-state index contributed by atoms with van der Waals surface area (Å²) in [5, 5.41) is 0. The van der Waals surface area contributed by atoms with Gasteiger partial charge in [0.05, 0.1) is 5.69 Å². The molecule has 0 aliphatic heterocycles. The molecule has 54 valence electrons. The lowest BCUT2D eigenvalue weighted by Crippen LogP contribution is -2.01. The zero-order valence-electron chi connectivity index (χ0n) is 5.96.